The van der Waals surface area contributed by atoms with Gasteiger partial charge in [0.1, 0.15) is 6.61 Å². The molecule has 0 unspecified atom stereocenters. The minimum Gasteiger partial charge on any atom is -0.368 e. The highest BCUT2D eigenvalue weighted by Crippen LogP contribution is 2.12. The van der Waals surface area contributed by atoms with Crippen LogP contribution in [0, 0.1) is 0 Å². The van der Waals surface area contributed by atoms with E-state index >= 15 is 0 Å². The number of hydrogen-bond donors (Lipinski definition) is 1. The van der Waals surface area contributed by atoms with Crippen LogP contribution in [0.3, 0.4) is 0 Å². The zero-order chi connectivity index (χ0) is 12.6. The van der Waals surface area contributed by atoms with E-state index in [1.807, 2.05) is 17.5 Å². The summed E-state index contributed by atoms with van der Waals surface area (Å²) in [6, 6.07) is 6.03. The molecule has 0 aliphatic rings. The lowest BCUT2D eigenvalue weighted by molar-refractivity contribution is 0.0901. The maximum atomic E-state index is 5.56. The van der Waals surface area contributed by atoms with E-state index in [4.69, 9.17) is 9.26 Å². The van der Waals surface area contributed by atoms with Crippen molar-refractivity contribution in [2.45, 2.75) is 33.1 Å². The van der Waals surface area contributed by atoms with E-state index in [1.54, 1.807) is 11.3 Å². The minimum atomic E-state index is 0.471. The summed E-state index contributed by atoms with van der Waals surface area (Å²) in [7, 11) is 0. The minimum absolute atomic E-state index is 0.471. The smallest absolute Gasteiger partial charge is 0.162 e. The molecule has 2 rings (SSSR count). The Kier molecular flexibility index (Phi) is 5.38. The molecule has 18 heavy (non-hydrogen) atoms. The zero-order valence-electron chi connectivity index (χ0n) is 10.5. The van der Waals surface area contributed by atoms with Gasteiger partial charge in [0.25, 0.3) is 0 Å². The largest absolute Gasteiger partial charge is 0.368 e. The third-order valence-electron chi connectivity index (χ3n) is 2.41. The fraction of sp³-hybridized carbons (Fsp3) is 0.462. The van der Waals surface area contributed by atoms with E-state index in [2.05, 4.69) is 23.5 Å². The SMILES string of the molecule is CCCNCc1cc(COCc2cccs2)on1. The Morgan fingerprint density at radius 2 is 2.39 bits per heavy atom. The fourth-order valence-corrected chi connectivity index (χ4v) is 2.19. The summed E-state index contributed by atoms with van der Waals surface area (Å²) in [5.41, 5.74) is 0.929. The topological polar surface area (TPSA) is 47.3 Å². The summed E-state index contributed by atoms with van der Waals surface area (Å²) >= 11 is 1.70. The molecule has 0 amide bonds. The quantitative estimate of drug-likeness (QED) is 0.746. The van der Waals surface area contributed by atoms with Crippen LogP contribution in [-0.2, 0) is 24.5 Å². The monoisotopic (exact) mass is 266 g/mol. The maximum absolute atomic E-state index is 5.56. The second-order valence-corrected chi connectivity index (χ2v) is 5.07. The van der Waals surface area contributed by atoms with E-state index in [0.29, 0.717) is 13.2 Å². The van der Waals surface area contributed by atoms with Gasteiger partial charge >= 0.3 is 0 Å². The van der Waals surface area contributed by atoms with Crippen molar-refractivity contribution in [1.29, 1.82) is 0 Å². The zero-order valence-corrected chi connectivity index (χ0v) is 11.3. The van der Waals surface area contributed by atoms with E-state index in [9.17, 15) is 0 Å². The molecule has 0 aliphatic carbocycles. The predicted molar refractivity (Wildman–Crippen MR) is 71.3 cm³/mol. The fourth-order valence-electron chi connectivity index (χ4n) is 1.55. The number of nitrogens with zero attached hydrogens (tertiary/aromatic N) is 1. The van der Waals surface area contributed by atoms with Crippen molar-refractivity contribution in [2.75, 3.05) is 6.54 Å². The molecule has 0 bridgehead atoms. The molecule has 0 saturated carbocycles. The highest BCUT2D eigenvalue weighted by atomic mass is 32.1. The molecule has 0 aromatic carbocycles. The first-order valence-corrected chi connectivity index (χ1v) is 7.01. The number of ether oxygens (including phenoxy) is 1. The molecule has 4 nitrogen and oxygen atoms in total. The summed E-state index contributed by atoms with van der Waals surface area (Å²) in [5.74, 6) is 0.778. The Balaban J connectivity index is 1.69. The van der Waals surface area contributed by atoms with Crippen LogP contribution < -0.4 is 5.32 Å². The average molecular weight is 266 g/mol. The number of aromatic nitrogens is 1. The normalized spacial score (nSPS) is 10.9. The van der Waals surface area contributed by atoms with Crippen molar-refractivity contribution in [1.82, 2.24) is 10.5 Å². The van der Waals surface area contributed by atoms with Crippen LogP contribution >= 0.6 is 11.3 Å². The van der Waals surface area contributed by atoms with Crippen molar-refractivity contribution < 1.29 is 9.26 Å². The highest BCUT2D eigenvalue weighted by molar-refractivity contribution is 7.09. The van der Waals surface area contributed by atoms with Crippen LogP contribution in [0.4, 0.5) is 0 Å². The Hall–Kier alpha value is -1.17. The molecule has 2 aromatic rings. The lowest BCUT2D eigenvalue weighted by Crippen LogP contribution is -2.13. The molecule has 0 aliphatic heterocycles. The van der Waals surface area contributed by atoms with Crippen molar-refractivity contribution in [2.24, 2.45) is 0 Å². The van der Waals surface area contributed by atoms with Gasteiger partial charge in [-0.05, 0) is 24.4 Å². The molecule has 0 atom stereocenters. The summed E-state index contributed by atoms with van der Waals surface area (Å²) in [6.45, 7) is 4.99. The number of nitrogens with one attached hydrogen (secondary N) is 1. The van der Waals surface area contributed by atoms with Crippen LogP contribution in [0.15, 0.2) is 28.1 Å². The van der Waals surface area contributed by atoms with Crippen molar-refractivity contribution >= 4 is 11.3 Å². The Morgan fingerprint density at radius 1 is 1.44 bits per heavy atom. The van der Waals surface area contributed by atoms with Gasteiger partial charge in [0.15, 0.2) is 5.76 Å². The highest BCUT2D eigenvalue weighted by Gasteiger charge is 2.04. The third kappa shape index (κ3) is 4.25. The second-order valence-electron chi connectivity index (χ2n) is 4.03. The van der Waals surface area contributed by atoms with Gasteiger partial charge < -0.3 is 14.6 Å². The average Bonchev–Trinajstić information content (AvgIpc) is 3.01. The maximum Gasteiger partial charge on any atom is 0.162 e. The van der Waals surface area contributed by atoms with Gasteiger partial charge in [0, 0.05) is 17.5 Å². The molecule has 2 heterocycles. The van der Waals surface area contributed by atoms with E-state index in [1.165, 1.54) is 4.88 Å². The molecule has 2 aromatic heterocycles. The lowest BCUT2D eigenvalue weighted by Gasteiger charge is -1.98. The van der Waals surface area contributed by atoms with E-state index < -0.39 is 0 Å². The molecule has 5 heteroatoms. The van der Waals surface area contributed by atoms with Crippen LogP contribution in [0.5, 0.6) is 0 Å². The van der Waals surface area contributed by atoms with E-state index in [-0.39, 0.29) is 0 Å². The van der Waals surface area contributed by atoms with Gasteiger partial charge in [-0.25, -0.2) is 0 Å². The predicted octanol–water partition coefficient (Wildman–Crippen LogP) is 2.95. The summed E-state index contributed by atoms with van der Waals surface area (Å²) in [6.07, 6.45) is 1.12. The molecule has 0 saturated heterocycles. The van der Waals surface area contributed by atoms with Crippen molar-refractivity contribution in [3.63, 3.8) is 0 Å². The summed E-state index contributed by atoms with van der Waals surface area (Å²) in [4.78, 5) is 1.22. The number of rotatable bonds is 8. The van der Waals surface area contributed by atoms with Crippen LogP contribution in [0.2, 0.25) is 0 Å². The molecule has 0 spiro atoms. The lowest BCUT2D eigenvalue weighted by atomic mass is 10.3. The first-order chi connectivity index (χ1) is 8.88. The molecule has 0 radical (unpaired) electrons. The standard InChI is InChI=1S/C13H18N2O2S/c1-2-5-14-8-11-7-12(17-15-11)9-16-10-13-4-3-6-18-13/h3-4,6-7,14H,2,5,8-10H2,1H3. The first-order valence-electron chi connectivity index (χ1n) is 6.14. The molecule has 1 N–H and O–H groups in total. The van der Waals surface area contributed by atoms with Crippen molar-refractivity contribution in [3.05, 3.63) is 39.9 Å². The van der Waals surface area contributed by atoms with Crippen LogP contribution in [0.25, 0.3) is 0 Å². The van der Waals surface area contributed by atoms with Crippen LogP contribution in [0.1, 0.15) is 29.7 Å². The Bertz CT molecular complexity index is 440. The van der Waals surface area contributed by atoms with E-state index in [0.717, 1.165) is 31.0 Å². The molecule has 98 valence electrons. The van der Waals surface area contributed by atoms with Gasteiger partial charge in [-0.15, -0.1) is 11.3 Å². The van der Waals surface area contributed by atoms with Gasteiger partial charge in [-0.2, -0.15) is 0 Å². The Morgan fingerprint density at radius 3 is 3.17 bits per heavy atom. The van der Waals surface area contributed by atoms with Gasteiger partial charge in [-0.1, -0.05) is 18.1 Å². The summed E-state index contributed by atoms with van der Waals surface area (Å²) in [5, 5.41) is 9.32. The number of thiophene rings is 1. The molecular formula is C13H18N2O2S. The first kappa shape index (κ1) is 13.3. The molecular weight excluding hydrogens is 248 g/mol. The Labute approximate surface area is 111 Å². The van der Waals surface area contributed by atoms with Gasteiger partial charge in [0.05, 0.1) is 12.3 Å². The third-order valence-corrected chi connectivity index (χ3v) is 3.26. The van der Waals surface area contributed by atoms with Gasteiger partial charge in [0.2, 0.25) is 0 Å². The van der Waals surface area contributed by atoms with Crippen LogP contribution in [-0.4, -0.2) is 11.7 Å². The second kappa shape index (κ2) is 7.31. The van der Waals surface area contributed by atoms with Gasteiger partial charge in [-0.3, -0.25) is 0 Å². The van der Waals surface area contributed by atoms with Crippen molar-refractivity contribution in [3.8, 4) is 0 Å². The number of hydrogen-bond acceptors (Lipinski definition) is 5. The summed E-state index contributed by atoms with van der Waals surface area (Å²) < 4.78 is 10.8. The molecule has 0 fully saturated rings.